The van der Waals surface area contributed by atoms with Crippen LogP contribution in [0.4, 0.5) is 4.79 Å². The first kappa shape index (κ1) is 35.6. The number of hydrogen-bond acceptors (Lipinski definition) is 6. The second kappa shape index (κ2) is 16.5. The van der Waals surface area contributed by atoms with Gasteiger partial charge in [-0.05, 0) is 56.9 Å². The van der Waals surface area contributed by atoms with E-state index < -0.39 is 47.9 Å². The summed E-state index contributed by atoms with van der Waals surface area (Å²) in [4.78, 5) is 58.3. The molecule has 0 aliphatic heterocycles. The van der Waals surface area contributed by atoms with E-state index in [2.05, 4.69) is 20.9 Å². The maximum atomic E-state index is 13.7. The Morgan fingerprint density at radius 3 is 2.10 bits per heavy atom. The molecule has 6 N–H and O–H groups in total. The van der Waals surface area contributed by atoms with E-state index in [9.17, 15) is 24.3 Å². The Labute approximate surface area is 280 Å². The number of amides is 5. The topological polar surface area (TPSA) is 167 Å². The van der Waals surface area contributed by atoms with Crippen LogP contribution < -0.4 is 21.7 Å². The van der Waals surface area contributed by atoms with E-state index in [1.54, 1.807) is 18.2 Å². The van der Waals surface area contributed by atoms with Crippen molar-refractivity contribution in [3.8, 4) is 0 Å². The second-order valence-corrected chi connectivity index (χ2v) is 12.8. The van der Waals surface area contributed by atoms with Gasteiger partial charge in [0.25, 0.3) is 5.91 Å². The minimum atomic E-state index is -1.34. The van der Waals surface area contributed by atoms with Gasteiger partial charge in [-0.15, -0.1) is 0 Å². The first-order valence-electron chi connectivity index (χ1n) is 16.0. The zero-order valence-corrected chi connectivity index (χ0v) is 27.6. The average Bonchev–Trinajstić information content (AvgIpc) is 3.05. The molecular weight excluding hydrogens is 608 g/mol. The molecule has 0 spiro atoms. The van der Waals surface area contributed by atoms with Crippen molar-refractivity contribution in [1.29, 1.82) is 0 Å². The highest BCUT2D eigenvalue weighted by atomic mass is 16.3. The number of nitrogens with zero attached hydrogens (tertiary/aromatic N) is 2. The van der Waals surface area contributed by atoms with Gasteiger partial charge < -0.3 is 31.7 Å². The number of urea groups is 1. The Balaban J connectivity index is 1.55. The fourth-order valence-corrected chi connectivity index (χ4v) is 5.21. The maximum absolute atomic E-state index is 13.7. The zero-order chi connectivity index (χ0) is 34.7. The molecule has 252 valence electrons. The van der Waals surface area contributed by atoms with Gasteiger partial charge in [0.1, 0.15) is 11.7 Å². The number of carbonyl (C=O) groups is 4. The third-order valence-corrected chi connectivity index (χ3v) is 7.64. The van der Waals surface area contributed by atoms with Gasteiger partial charge in [0.05, 0.1) is 30.6 Å². The highest BCUT2D eigenvalue weighted by Crippen LogP contribution is 2.14. The average molecular weight is 653 g/mol. The number of nitrogens with one attached hydrogen (secondary N) is 3. The highest BCUT2D eigenvalue weighted by Gasteiger charge is 2.31. The lowest BCUT2D eigenvalue weighted by Crippen LogP contribution is -2.57. The Kier molecular flexibility index (Phi) is 12.2. The van der Waals surface area contributed by atoms with Gasteiger partial charge in [-0.25, -0.2) is 9.78 Å². The van der Waals surface area contributed by atoms with E-state index >= 15 is 0 Å². The largest absolute Gasteiger partial charge is 0.389 e. The van der Waals surface area contributed by atoms with E-state index in [1.165, 1.54) is 11.0 Å². The minimum absolute atomic E-state index is 0.0655. The van der Waals surface area contributed by atoms with E-state index in [0.29, 0.717) is 18.5 Å². The molecule has 0 aliphatic carbocycles. The van der Waals surface area contributed by atoms with Crippen molar-refractivity contribution >= 4 is 34.7 Å². The number of hydrogen-bond donors (Lipinski definition) is 5. The van der Waals surface area contributed by atoms with Crippen LogP contribution in [-0.4, -0.2) is 75.6 Å². The Morgan fingerprint density at radius 1 is 0.833 bits per heavy atom. The summed E-state index contributed by atoms with van der Waals surface area (Å²) < 4.78 is 0. The van der Waals surface area contributed by atoms with Crippen molar-refractivity contribution < 1.29 is 24.3 Å². The summed E-state index contributed by atoms with van der Waals surface area (Å²) in [6, 6.07) is 26.9. The molecule has 0 saturated heterocycles. The summed E-state index contributed by atoms with van der Waals surface area (Å²) in [5, 5.41) is 20.9. The quantitative estimate of drug-likeness (QED) is 0.140. The first-order chi connectivity index (χ1) is 22.9. The number of aliphatic hydroxyl groups is 1. The second-order valence-electron chi connectivity index (χ2n) is 12.8. The molecule has 3 atom stereocenters. The molecular formula is C37H44N6O5. The van der Waals surface area contributed by atoms with Crippen molar-refractivity contribution in [1.82, 2.24) is 25.8 Å². The van der Waals surface area contributed by atoms with Crippen LogP contribution in [0.5, 0.6) is 0 Å². The van der Waals surface area contributed by atoms with Gasteiger partial charge in [0.15, 0.2) is 0 Å². The van der Waals surface area contributed by atoms with Gasteiger partial charge in [-0.1, -0.05) is 84.9 Å². The molecule has 5 amide bonds. The lowest BCUT2D eigenvalue weighted by atomic mass is 9.99. The number of fused-ring (bicyclic) bond motifs is 1. The Bertz CT molecular complexity index is 1690. The van der Waals surface area contributed by atoms with Crippen molar-refractivity contribution in [3.63, 3.8) is 0 Å². The van der Waals surface area contributed by atoms with Crippen LogP contribution in [0.1, 0.15) is 48.8 Å². The standard InChI is InChI=1S/C37H44N6O5/c1-37(2,3)42-36(48)43(21-20-25-12-6-4-7-13-25)24-32(44)30(22-26-14-8-5-9-15-26)40-35(47)31(23-33(38)45)41-34(46)29-19-18-27-16-10-11-17-28(27)39-29/h4-19,30-32,44H,20-24H2,1-3H3,(H2,38,45)(H,40,47)(H,41,46)(H,42,48). The van der Waals surface area contributed by atoms with Gasteiger partial charge in [-0.3, -0.25) is 14.4 Å². The molecule has 48 heavy (non-hydrogen) atoms. The monoisotopic (exact) mass is 652 g/mol. The van der Waals surface area contributed by atoms with E-state index in [0.717, 1.165) is 16.5 Å². The van der Waals surface area contributed by atoms with Gasteiger partial charge in [-0.2, -0.15) is 0 Å². The number of para-hydroxylation sites is 1. The molecule has 11 heteroatoms. The zero-order valence-electron chi connectivity index (χ0n) is 27.6. The summed E-state index contributed by atoms with van der Waals surface area (Å²) in [5.41, 5.74) is 7.47. The molecule has 1 aromatic heterocycles. The Hall–Kier alpha value is -5.29. The van der Waals surface area contributed by atoms with Crippen LogP contribution in [0.2, 0.25) is 0 Å². The molecule has 11 nitrogen and oxygen atoms in total. The molecule has 0 aliphatic rings. The number of aliphatic hydroxyl groups excluding tert-OH is 1. The molecule has 0 saturated carbocycles. The summed E-state index contributed by atoms with van der Waals surface area (Å²) in [7, 11) is 0. The van der Waals surface area contributed by atoms with Crippen LogP contribution >= 0.6 is 0 Å². The molecule has 0 fully saturated rings. The fourth-order valence-electron chi connectivity index (χ4n) is 5.21. The number of aromatic nitrogens is 1. The van der Waals surface area contributed by atoms with Crippen LogP contribution in [0.25, 0.3) is 10.9 Å². The normalized spacial score (nSPS) is 13.2. The van der Waals surface area contributed by atoms with Crippen LogP contribution in [0, 0.1) is 0 Å². The molecule has 4 rings (SSSR count). The number of pyridine rings is 1. The van der Waals surface area contributed by atoms with E-state index in [-0.39, 0.29) is 24.7 Å². The number of benzene rings is 3. The lowest BCUT2D eigenvalue weighted by molar-refractivity contribution is -0.128. The summed E-state index contributed by atoms with van der Waals surface area (Å²) in [6.45, 7) is 5.83. The number of carbonyl (C=O) groups excluding carboxylic acids is 4. The summed E-state index contributed by atoms with van der Waals surface area (Å²) in [5.74, 6) is -2.17. The first-order valence-corrected chi connectivity index (χ1v) is 16.0. The van der Waals surface area contributed by atoms with Crippen molar-refractivity contribution in [2.45, 2.75) is 63.8 Å². The van der Waals surface area contributed by atoms with Crippen LogP contribution in [-0.2, 0) is 22.4 Å². The third kappa shape index (κ3) is 10.9. The molecule has 4 aromatic rings. The molecule has 0 radical (unpaired) electrons. The van der Waals surface area contributed by atoms with Gasteiger partial charge in [0, 0.05) is 17.5 Å². The molecule has 3 unspecified atom stereocenters. The van der Waals surface area contributed by atoms with Crippen molar-refractivity contribution in [2.24, 2.45) is 5.73 Å². The van der Waals surface area contributed by atoms with Crippen LogP contribution in [0.15, 0.2) is 97.1 Å². The predicted octanol–water partition coefficient (Wildman–Crippen LogP) is 3.35. The van der Waals surface area contributed by atoms with E-state index in [1.807, 2.05) is 93.6 Å². The maximum Gasteiger partial charge on any atom is 0.317 e. The fraction of sp³-hybridized carbons (Fsp3) is 0.324. The van der Waals surface area contributed by atoms with Crippen molar-refractivity contribution in [2.75, 3.05) is 13.1 Å². The minimum Gasteiger partial charge on any atom is -0.389 e. The lowest BCUT2D eigenvalue weighted by Gasteiger charge is -2.33. The van der Waals surface area contributed by atoms with E-state index in [4.69, 9.17) is 5.73 Å². The third-order valence-electron chi connectivity index (χ3n) is 7.64. The summed E-state index contributed by atoms with van der Waals surface area (Å²) in [6.07, 6.45) is -0.931. The number of nitrogens with two attached hydrogens (primary N) is 1. The summed E-state index contributed by atoms with van der Waals surface area (Å²) >= 11 is 0. The van der Waals surface area contributed by atoms with Gasteiger partial charge >= 0.3 is 6.03 Å². The molecule has 0 bridgehead atoms. The van der Waals surface area contributed by atoms with Crippen molar-refractivity contribution in [3.05, 3.63) is 114 Å². The molecule has 3 aromatic carbocycles. The Morgan fingerprint density at radius 2 is 1.46 bits per heavy atom. The number of primary amides is 1. The predicted molar refractivity (Wildman–Crippen MR) is 185 cm³/mol. The SMILES string of the molecule is CC(C)(C)NC(=O)N(CCc1ccccc1)CC(O)C(Cc1ccccc1)NC(=O)C(CC(N)=O)NC(=O)c1ccc2ccccc2n1. The highest BCUT2D eigenvalue weighted by molar-refractivity contribution is 5.99. The van der Waals surface area contributed by atoms with Gasteiger partial charge in [0.2, 0.25) is 11.8 Å². The molecule has 1 heterocycles. The number of rotatable bonds is 14. The smallest absolute Gasteiger partial charge is 0.317 e. The van der Waals surface area contributed by atoms with Crippen LogP contribution in [0.3, 0.4) is 0 Å².